The fourth-order valence-corrected chi connectivity index (χ4v) is 5.14. The van der Waals surface area contributed by atoms with Gasteiger partial charge in [-0.05, 0) is 25.2 Å². The first-order chi connectivity index (χ1) is 17.2. The van der Waals surface area contributed by atoms with Gasteiger partial charge in [0, 0.05) is 0 Å². The van der Waals surface area contributed by atoms with E-state index in [2.05, 4.69) is 27.7 Å². The first-order valence-electron chi connectivity index (χ1n) is 16.3. The molecule has 0 radical (unpaired) electrons. The van der Waals surface area contributed by atoms with Gasteiger partial charge in [0.1, 0.15) is 0 Å². The summed E-state index contributed by atoms with van der Waals surface area (Å²) < 4.78 is 5.86. The lowest BCUT2D eigenvalue weighted by Gasteiger charge is -2.19. The van der Waals surface area contributed by atoms with Crippen molar-refractivity contribution < 1.29 is 9.53 Å². The summed E-state index contributed by atoms with van der Waals surface area (Å²) in [6, 6.07) is 0. The van der Waals surface area contributed by atoms with Crippen LogP contribution in [-0.2, 0) is 9.53 Å². The van der Waals surface area contributed by atoms with Crippen LogP contribution in [0.4, 0.5) is 0 Å². The van der Waals surface area contributed by atoms with E-state index in [1.165, 1.54) is 154 Å². The maximum absolute atomic E-state index is 12.6. The zero-order valence-corrected chi connectivity index (χ0v) is 24.9. The molecule has 2 atom stereocenters. The molecule has 0 spiro atoms. The van der Waals surface area contributed by atoms with Gasteiger partial charge in [-0.1, -0.05) is 169 Å². The Morgan fingerprint density at radius 1 is 0.486 bits per heavy atom. The van der Waals surface area contributed by atoms with Crippen molar-refractivity contribution in [3.05, 3.63) is 0 Å². The highest BCUT2D eigenvalue weighted by Crippen LogP contribution is 2.21. The van der Waals surface area contributed by atoms with E-state index in [9.17, 15) is 4.79 Å². The highest BCUT2D eigenvalue weighted by Gasteiger charge is 2.17. The predicted octanol–water partition coefficient (Wildman–Crippen LogP) is 11.6. The predicted molar refractivity (Wildman–Crippen MR) is 156 cm³/mol. The van der Waals surface area contributed by atoms with E-state index in [0.29, 0.717) is 12.5 Å². The second-order valence-corrected chi connectivity index (χ2v) is 11.5. The van der Waals surface area contributed by atoms with Gasteiger partial charge < -0.3 is 4.74 Å². The van der Waals surface area contributed by atoms with Crippen LogP contribution >= 0.6 is 0 Å². The molecule has 210 valence electrons. The average Bonchev–Trinajstić information content (AvgIpc) is 2.86. The summed E-state index contributed by atoms with van der Waals surface area (Å²) in [6.45, 7) is 9.56. The van der Waals surface area contributed by atoms with E-state index in [1.807, 2.05) is 0 Å². The number of hydrogen-bond acceptors (Lipinski definition) is 2. The fourth-order valence-electron chi connectivity index (χ4n) is 5.14. The van der Waals surface area contributed by atoms with Crippen LogP contribution in [0.2, 0.25) is 0 Å². The zero-order chi connectivity index (χ0) is 25.8. The first-order valence-corrected chi connectivity index (χ1v) is 16.3. The quantitative estimate of drug-likeness (QED) is 0.0798. The maximum atomic E-state index is 12.6. The van der Waals surface area contributed by atoms with Gasteiger partial charge in [-0.2, -0.15) is 0 Å². The Labute approximate surface area is 222 Å². The van der Waals surface area contributed by atoms with Crippen molar-refractivity contribution in [2.24, 2.45) is 11.8 Å². The maximum Gasteiger partial charge on any atom is 0.308 e. The molecule has 0 fully saturated rings. The highest BCUT2D eigenvalue weighted by molar-refractivity contribution is 5.71. The molecule has 35 heavy (non-hydrogen) atoms. The summed E-state index contributed by atoms with van der Waals surface area (Å²) in [5.41, 5.74) is 0. The molecule has 0 heterocycles. The molecule has 0 aliphatic rings. The van der Waals surface area contributed by atoms with E-state index >= 15 is 0 Å². The number of rotatable bonds is 28. The number of esters is 1. The number of carbonyl (C=O) groups excluding carboxylic acids is 1. The van der Waals surface area contributed by atoms with Crippen molar-refractivity contribution in [2.45, 2.75) is 188 Å². The summed E-state index contributed by atoms with van der Waals surface area (Å²) >= 11 is 0. The van der Waals surface area contributed by atoms with Crippen LogP contribution in [0, 0.1) is 11.8 Å². The molecule has 0 aromatic rings. The smallest absolute Gasteiger partial charge is 0.308 e. The molecular formula is C33H66O2. The fraction of sp³-hybridized carbons (Fsp3) is 0.970. The Kier molecular flexibility index (Phi) is 27.6. The Morgan fingerprint density at radius 2 is 0.800 bits per heavy atom. The van der Waals surface area contributed by atoms with E-state index in [4.69, 9.17) is 4.74 Å². The third kappa shape index (κ3) is 24.9. The van der Waals surface area contributed by atoms with Crippen molar-refractivity contribution >= 4 is 5.97 Å². The van der Waals surface area contributed by atoms with E-state index in [-0.39, 0.29) is 11.9 Å². The van der Waals surface area contributed by atoms with Gasteiger partial charge in [0.15, 0.2) is 0 Å². The number of hydrogen-bond donors (Lipinski definition) is 0. The molecule has 0 bridgehead atoms. The number of unbranched alkanes of at least 4 members (excludes halogenated alkanes) is 19. The Bertz CT molecular complexity index is 419. The molecule has 0 aliphatic heterocycles. The molecule has 0 aromatic heterocycles. The van der Waals surface area contributed by atoms with Crippen LogP contribution in [0.25, 0.3) is 0 Å². The standard InChI is InChI=1S/C33H66O2/c1-5-8-11-14-17-18-19-20-23-26-29-32(28-25-22-16-13-10-7-3)30-35-33(34)31(4)27-24-21-15-12-9-6-2/h31-32H,5-30H2,1-4H3. The molecule has 0 aliphatic carbocycles. The summed E-state index contributed by atoms with van der Waals surface area (Å²) in [7, 11) is 0. The van der Waals surface area contributed by atoms with Gasteiger partial charge >= 0.3 is 5.97 Å². The number of carbonyl (C=O) groups is 1. The number of ether oxygens (including phenoxy) is 1. The van der Waals surface area contributed by atoms with Crippen molar-refractivity contribution in [3.8, 4) is 0 Å². The summed E-state index contributed by atoms with van der Waals surface area (Å²) in [6.07, 6.45) is 33.1. The molecule has 0 N–H and O–H groups in total. The molecular weight excluding hydrogens is 428 g/mol. The third-order valence-corrected chi connectivity index (χ3v) is 7.79. The Balaban J connectivity index is 4.11. The molecule has 0 aromatic carbocycles. The second kappa shape index (κ2) is 28.0. The SMILES string of the molecule is CCCCCCCCCCCCC(CCCCCCCC)COC(=O)C(C)CCCCCCCC. The minimum atomic E-state index is 0.0505. The van der Waals surface area contributed by atoms with Gasteiger partial charge in [-0.15, -0.1) is 0 Å². The topological polar surface area (TPSA) is 26.3 Å². The van der Waals surface area contributed by atoms with Gasteiger partial charge in [-0.25, -0.2) is 0 Å². The second-order valence-electron chi connectivity index (χ2n) is 11.5. The molecule has 2 heteroatoms. The molecule has 0 saturated carbocycles. The Morgan fingerprint density at radius 3 is 1.17 bits per heavy atom. The lowest BCUT2D eigenvalue weighted by atomic mass is 9.94. The normalized spacial score (nSPS) is 13.1. The van der Waals surface area contributed by atoms with Gasteiger partial charge in [0.25, 0.3) is 0 Å². The lowest BCUT2D eigenvalue weighted by molar-refractivity contribution is -0.149. The first kappa shape index (κ1) is 34.5. The van der Waals surface area contributed by atoms with Crippen molar-refractivity contribution in [2.75, 3.05) is 6.61 Å². The van der Waals surface area contributed by atoms with Crippen molar-refractivity contribution in [3.63, 3.8) is 0 Å². The van der Waals surface area contributed by atoms with Gasteiger partial charge in [-0.3, -0.25) is 4.79 Å². The monoisotopic (exact) mass is 495 g/mol. The largest absolute Gasteiger partial charge is 0.465 e. The average molecular weight is 495 g/mol. The van der Waals surface area contributed by atoms with Crippen LogP contribution < -0.4 is 0 Å². The molecule has 2 unspecified atom stereocenters. The lowest BCUT2D eigenvalue weighted by Crippen LogP contribution is -2.20. The van der Waals surface area contributed by atoms with Crippen LogP contribution in [0.15, 0.2) is 0 Å². The summed E-state index contributed by atoms with van der Waals surface area (Å²) in [5.74, 6) is 0.684. The Hall–Kier alpha value is -0.530. The van der Waals surface area contributed by atoms with Crippen LogP contribution in [0.3, 0.4) is 0 Å². The molecule has 0 rings (SSSR count). The van der Waals surface area contributed by atoms with Gasteiger partial charge in [0.05, 0.1) is 12.5 Å². The molecule has 2 nitrogen and oxygen atoms in total. The molecule has 0 amide bonds. The van der Waals surface area contributed by atoms with E-state index in [0.717, 1.165) is 6.42 Å². The highest BCUT2D eigenvalue weighted by atomic mass is 16.5. The van der Waals surface area contributed by atoms with Crippen LogP contribution in [-0.4, -0.2) is 12.6 Å². The van der Waals surface area contributed by atoms with Crippen molar-refractivity contribution in [1.82, 2.24) is 0 Å². The zero-order valence-electron chi connectivity index (χ0n) is 24.9. The third-order valence-electron chi connectivity index (χ3n) is 7.79. The summed E-state index contributed by atoms with van der Waals surface area (Å²) in [5, 5.41) is 0. The van der Waals surface area contributed by atoms with Crippen LogP contribution in [0.5, 0.6) is 0 Å². The summed E-state index contributed by atoms with van der Waals surface area (Å²) in [4.78, 5) is 12.6. The molecule has 0 saturated heterocycles. The van der Waals surface area contributed by atoms with Gasteiger partial charge in [0.2, 0.25) is 0 Å². The van der Waals surface area contributed by atoms with E-state index < -0.39 is 0 Å². The minimum Gasteiger partial charge on any atom is -0.465 e. The van der Waals surface area contributed by atoms with Crippen LogP contribution in [0.1, 0.15) is 188 Å². The van der Waals surface area contributed by atoms with Crippen molar-refractivity contribution in [1.29, 1.82) is 0 Å². The van der Waals surface area contributed by atoms with E-state index in [1.54, 1.807) is 0 Å². The minimum absolute atomic E-state index is 0.0505.